The van der Waals surface area contributed by atoms with Gasteiger partial charge in [0.05, 0.1) is 19.3 Å². The zero-order valence-corrected chi connectivity index (χ0v) is 34.3. The third-order valence-corrected chi connectivity index (χ3v) is 16.1. The summed E-state index contributed by atoms with van der Waals surface area (Å²) < 4.78 is 10.3. The molecule has 0 aromatic carbocycles. The largest absolute Gasteiger partial charge is 0.447 e. The van der Waals surface area contributed by atoms with E-state index in [-0.39, 0.29) is 56.4 Å². The van der Waals surface area contributed by atoms with Gasteiger partial charge >= 0.3 is 6.09 Å². The first kappa shape index (κ1) is 42.2. The van der Waals surface area contributed by atoms with Gasteiger partial charge in [0, 0.05) is 30.1 Å². The van der Waals surface area contributed by atoms with Crippen LogP contribution in [0.5, 0.6) is 0 Å². The predicted molar refractivity (Wildman–Crippen MR) is 212 cm³/mol. The fraction of sp³-hybridized carbons (Fsp3) is 0.805. The lowest BCUT2D eigenvalue weighted by molar-refractivity contribution is -0.148. The fourth-order valence-electron chi connectivity index (χ4n) is 11.9. The van der Waals surface area contributed by atoms with Crippen molar-refractivity contribution in [3.8, 4) is 12.3 Å². The van der Waals surface area contributed by atoms with Crippen LogP contribution in [0.15, 0.2) is 16.4 Å². The van der Waals surface area contributed by atoms with Gasteiger partial charge in [0.2, 0.25) is 5.91 Å². The van der Waals surface area contributed by atoms with E-state index in [0.717, 1.165) is 43.4 Å². The molecule has 6 aliphatic rings. The van der Waals surface area contributed by atoms with Crippen LogP contribution < -0.4 is 16.0 Å². The number of β-lactam (4-membered cyclic amide) rings is 1. The van der Waals surface area contributed by atoms with Crippen LogP contribution in [-0.4, -0.2) is 89.6 Å². The highest BCUT2D eigenvalue weighted by Gasteiger charge is 2.61. The number of aliphatic hydroxyl groups is 1. The summed E-state index contributed by atoms with van der Waals surface area (Å²) in [4.78, 5) is 56.9. The molecule has 12 unspecified atom stereocenters. The molecule has 2 heterocycles. The van der Waals surface area contributed by atoms with Gasteiger partial charge in [0.1, 0.15) is 29.9 Å². The van der Waals surface area contributed by atoms with E-state index in [4.69, 9.17) is 21.4 Å². The van der Waals surface area contributed by atoms with E-state index in [0.29, 0.717) is 46.3 Å². The Morgan fingerprint density at radius 3 is 2.62 bits per heavy atom. The number of hydrogen-bond acceptors (Lipinski definition) is 9. The zero-order chi connectivity index (χ0) is 40.2. The zero-order valence-electron chi connectivity index (χ0n) is 33.5. The van der Waals surface area contributed by atoms with Gasteiger partial charge in [0.25, 0.3) is 11.8 Å². The average Bonchev–Trinajstić information content (AvgIpc) is 3.53. The highest BCUT2D eigenvalue weighted by molar-refractivity contribution is 8.00. The summed E-state index contributed by atoms with van der Waals surface area (Å²) in [5, 5.41) is 21.6. The van der Waals surface area contributed by atoms with Crippen LogP contribution in [0.2, 0.25) is 0 Å². The fourth-order valence-corrected chi connectivity index (χ4v) is 13.2. The highest BCUT2D eigenvalue weighted by atomic mass is 32.2. The maximum absolute atomic E-state index is 13.5. The van der Waals surface area contributed by atoms with Gasteiger partial charge in [-0.05, 0) is 129 Å². The van der Waals surface area contributed by atoms with Gasteiger partial charge in [-0.25, -0.2) is 4.79 Å². The van der Waals surface area contributed by atoms with Gasteiger partial charge in [-0.15, -0.1) is 24.1 Å². The number of hydrogen-bond donors (Lipinski definition) is 4. The van der Waals surface area contributed by atoms with E-state index >= 15 is 0 Å². The molecule has 12 atom stereocenters. The van der Waals surface area contributed by atoms with Crippen molar-refractivity contribution < 1.29 is 33.8 Å². The summed E-state index contributed by atoms with van der Waals surface area (Å²) in [6, 6.07) is -0.719. The van der Waals surface area contributed by atoms with Crippen molar-refractivity contribution in [2.75, 3.05) is 32.1 Å². The monoisotopic (exact) mass is 795 g/mol. The number of azide groups is 1. The Morgan fingerprint density at radius 2 is 1.86 bits per heavy atom. The number of alkyl carbamates (subject to hydrolysis) is 1. The second-order valence-electron chi connectivity index (χ2n) is 17.7. The van der Waals surface area contributed by atoms with E-state index in [9.17, 15) is 24.3 Å². The molecule has 4 saturated carbocycles. The Balaban J connectivity index is 0.970. The number of aliphatic hydroxyl groups excluding tert-OH is 1. The van der Waals surface area contributed by atoms with Crippen LogP contribution >= 0.6 is 11.8 Å². The van der Waals surface area contributed by atoms with Gasteiger partial charge in [-0.2, -0.15) is 0 Å². The van der Waals surface area contributed by atoms with E-state index in [1.165, 1.54) is 55.2 Å². The minimum absolute atomic E-state index is 0.0214. The number of carbonyl (C=O) groups is 4. The van der Waals surface area contributed by atoms with Crippen molar-refractivity contribution >= 4 is 35.6 Å². The van der Waals surface area contributed by atoms with Crippen molar-refractivity contribution in [1.82, 2.24) is 20.9 Å². The maximum atomic E-state index is 13.5. The van der Waals surface area contributed by atoms with Gasteiger partial charge in [-0.3, -0.25) is 19.3 Å². The van der Waals surface area contributed by atoms with Crippen LogP contribution in [0.3, 0.4) is 0 Å². The maximum Gasteiger partial charge on any atom is 0.408 e. The molecule has 2 aliphatic heterocycles. The first-order valence-electron chi connectivity index (χ1n) is 20.7. The third kappa shape index (κ3) is 8.54. The SMILES string of the molecule is C#CCC(NC(=O)OCCOCCN=[N+]=[N-])NC(=O)C1=C(C)CSC2C(NC(=O)CCC(C)C3CCC4C5CCC6CC(O)CCC6(C)C5CCC34C)C(=O)N12. The van der Waals surface area contributed by atoms with Gasteiger partial charge < -0.3 is 30.5 Å². The van der Waals surface area contributed by atoms with Crippen LogP contribution in [0.4, 0.5) is 4.79 Å². The Labute approximate surface area is 335 Å². The quantitative estimate of drug-likeness (QED) is 0.0312. The van der Waals surface area contributed by atoms with E-state index in [2.05, 4.69) is 52.7 Å². The van der Waals surface area contributed by atoms with E-state index < -0.39 is 29.6 Å². The lowest BCUT2D eigenvalue weighted by atomic mass is 9.44. The molecule has 4 aliphatic carbocycles. The summed E-state index contributed by atoms with van der Waals surface area (Å²) in [7, 11) is 0. The van der Waals surface area contributed by atoms with Crippen molar-refractivity contribution in [3.05, 3.63) is 21.7 Å². The smallest absolute Gasteiger partial charge is 0.408 e. The molecule has 15 heteroatoms. The highest BCUT2D eigenvalue weighted by Crippen LogP contribution is 2.68. The standard InChI is InChI=1S/C41H61N7O7S/c1-6-7-32(45-39(53)55-21-20-54-19-18-43-47-42)44-36(51)35-25(3)23-56-38-34(37(52)48(35)38)46-33(50)13-8-24(2)29-11-12-30-28-10-9-26-22-27(49)14-16-40(26,4)31(28)15-17-41(29,30)5/h1,24,26-32,34,38,49H,7-23H2,2-5H3,(H,44,51)(H,45,53)(H,46,50). The van der Waals surface area contributed by atoms with Crippen LogP contribution in [0, 0.1) is 58.7 Å². The average molecular weight is 796 g/mol. The van der Waals surface area contributed by atoms with Crippen LogP contribution in [0.1, 0.15) is 105 Å². The molecule has 0 radical (unpaired) electrons. The molecule has 5 fully saturated rings. The van der Waals surface area contributed by atoms with E-state index in [1.54, 1.807) is 6.92 Å². The molecular weight excluding hydrogens is 735 g/mol. The molecule has 4 N–H and O–H groups in total. The molecule has 0 aromatic heterocycles. The lowest BCUT2D eigenvalue weighted by Crippen LogP contribution is -2.71. The van der Waals surface area contributed by atoms with Crippen molar-refractivity contribution in [2.45, 2.75) is 128 Å². The molecule has 0 bridgehead atoms. The number of fused-ring (bicyclic) bond motifs is 6. The normalized spacial score (nSPS) is 35.5. The lowest BCUT2D eigenvalue weighted by Gasteiger charge is -2.61. The Bertz CT molecular complexity index is 1630. The number of ether oxygens (including phenoxy) is 2. The van der Waals surface area contributed by atoms with Gasteiger partial charge in [-0.1, -0.05) is 25.9 Å². The number of nitrogens with zero attached hydrogens (tertiary/aromatic N) is 4. The Morgan fingerprint density at radius 1 is 1.09 bits per heavy atom. The number of thioether (sulfide) groups is 1. The first-order chi connectivity index (χ1) is 26.8. The molecule has 0 spiro atoms. The molecule has 4 amide bonds. The summed E-state index contributed by atoms with van der Waals surface area (Å²) in [6.45, 7) is 9.56. The number of terminal acetylenes is 1. The Kier molecular flexibility index (Phi) is 13.6. The number of amides is 4. The second kappa shape index (κ2) is 18.0. The molecule has 0 aromatic rings. The molecule has 14 nitrogen and oxygen atoms in total. The molecule has 1 saturated heterocycles. The van der Waals surface area contributed by atoms with Crippen LogP contribution in [0.25, 0.3) is 10.4 Å². The van der Waals surface area contributed by atoms with Crippen molar-refractivity contribution in [1.29, 1.82) is 0 Å². The number of carbonyl (C=O) groups excluding carboxylic acids is 4. The molecule has 6 rings (SSSR count). The van der Waals surface area contributed by atoms with Gasteiger partial charge in [0.15, 0.2) is 0 Å². The third-order valence-electron chi connectivity index (χ3n) is 14.7. The number of rotatable bonds is 15. The first-order valence-corrected chi connectivity index (χ1v) is 21.7. The van der Waals surface area contributed by atoms with E-state index in [1.807, 2.05) is 0 Å². The number of nitrogens with one attached hydrogen (secondary N) is 3. The second-order valence-corrected chi connectivity index (χ2v) is 18.8. The molecule has 56 heavy (non-hydrogen) atoms. The Hall–Kier alpha value is -3.44. The molecule has 308 valence electrons. The van der Waals surface area contributed by atoms with Crippen molar-refractivity contribution in [2.24, 2.45) is 51.5 Å². The summed E-state index contributed by atoms with van der Waals surface area (Å²) in [5.41, 5.74) is 9.85. The van der Waals surface area contributed by atoms with Crippen molar-refractivity contribution in [3.63, 3.8) is 0 Å². The summed E-state index contributed by atoms with van der Waals surface area (Å²) >= 11 is 1.51. The summed E-state index contributed by atoms with van der Waals surface area (Å²) in [6.07, 6.45) is 15.4. The van der Waals surface area contributed by atoms with Crippen LogP contribution in [-0.2, 0) is 23.9 Å². The predicted octanol–water partition coefficient (Wildman–Crippen LogP) is 5.62. The topological polar surface area (TPSA) is 195 Å². The minimum Gasteiger partial charge on any atom is -0.447 e. The minimum atomic E-state index is -0.953. The summed E-state index contributed by atoms with van der Waals surface area (Å²) in [5.74, 6) is 5.79. The molecular formula is C41H61N7O7S.